The molecule has 1 aromatic heterocycles. The van der Waals surface area contributed by atoms with Crippen LogP contribution in [0.15, 0.2) is 0 Å². The molecule has 7 nitrogen and oxygen atoms in total. The Hall–Kier alpha value is -1.70. The third kappa shape index (κ3) is 2.39. The van der Waals surface area contributed by atoms with Gasteiger partial charge in [0.2, 0.25) is 16.0 Å². The van der Waals surface area contributed by atoms with Gasteiger partial charge < -0.3 is 15.5 Å². The number of amides is 2. The topological polar surface area (TPSA) is 92.4 Å². The van der Waals surface area contributed by atoms with Crippen LogP contribution in [0.25, 0.3) is 0 Å². The summed E-state index contributed by atoms with van der Waals surface area (Å²) < 4.78 is 0. The molecule has 4 rings (SSSR count). The number of piperazine rings is 1. The summed E-state index contributed by atoms with van der Waals surface area (Å²) in [6.07, 6.45) is 4.85. The summed E-state index contributed by atoms with van der Waals surface area (Å²) in [7, 11) is 0. The average Bonchev–Trinajstić information content (AvgIpc) is 3.08. The van der Waals surface area contributed by atoms with Crippen LogP contribution in [0, 0.1) is 11.3 Å². The normalized spacial score (nSPS) is 28.6. The minimum Gasteiger partial charge on any atom is -0.363 e. The Morgan fingerprint density at radius 1 is 1.30 bits per heavy atom. The van der Waals surface area contributed by atoms with E-state index in [0.29, 0.717) is 29.5 Å². The highest BCUT2D eigenvalue weighted by Gasteiger charge is 2.61. The van der Waals surface area contributed by atoms with Gasteiger partial charge in [-0.1, -0.05) is 17.8 Å². The molecule has 1 saturated heterocycles. The van der Waals surface area contributed by atoms with Gasteiger partial charge in [-0.15, -0.1) is 10.2 Å². The maximum absolute atomic E-state index is 12.7. The molecule has 2 amide bonds. The first kappa shape index (κ1) is 14.9. The van der Waals surface area contributed by atoms with Gasteiger partial charge in [0.15, 0.2) is 0 Å². The zero-order valence-corrected chi connectivity index (χ0v) is 14.0. The van der Waals surface area contributed by atoms with Crippen LogP contribution in [-0.4, -0.2) is 52.6 Å². The van der Waals surface area contributed by atoms with E-state index in [4.69, 9.17) is 5.73 Å². The van der Waals surface area contributed by atoms with E-state index in [1.165, 1.54) is 30.6 Å². The van der Waals surface area contributed by atoms with E-state index in [0.717, 1.165) is 13.0 Å². The summed E-state index contributed by atoms with van der Waals surface area (Å²) in [6.45, 7) is 4.22. The minimum absolute atomic E-state index is 0.164. The number of anilines is 1. The van der Waals surface area contributed by atoms with E-state index < -0.39 is 5.91 Å². The summed E-state index contributed by atoms with van der Waals surface area (Å²) >= 11 is 1.22. The Labute approximate surface area is 138 Å². The Bertz CT molecular complexity index is 656. The first-order valence-corrected chi connectivity index (χ1v) is 9.00. The van der Waals surface area contributed by atoms with E-state index in [1.54, 1.807) is 0 Å². The lowest BCUT2D eigenvalue weighted by Gasteiger charge is -2.40. The molecule has 1 aromatic rings. The highest BCUT2D eigenvalue weighted by atomic mass is 32.1. The third-order valence-electron chi connectivity index (χ3n) is 5.65. The molecule has 1 aliphatic heterocycles. The zero-order chi connectivity index (χ0) is 16.2. The van der Waals surface area contributed by atoms with Gasteiger partial charge in [0.05, 0.1) is 0 Å². The van der Waals surface area contributed by atoms with Crippen molar-refractivity contribution in [3.05, 3.63) is 5.01 Å². The van der Waals surface area contributed by atoms with Crippen molar-refractivity contribution in [1.82, 2.24) is 15.1 Å². The third-order valence-corrected chi connectivity index (χ3v) is 6.62. The van der Waals surface area contributed by atoms with Gasteiger partial charge in [-0.25, -0.2) is 0 Å². The molecule has 2 heterocycles. The molecule has 3 fully saturated rings. The molecular formula is C15H21N5O2S. The molecule has 1 unspecified atom stereocenters. The van der Waals surface area contributed by atoms with E-state index in [-0.39, 0.29) is 17.0 Å². The average molecular weight is 335 g/mol. The maximum Gasteiger partial charge on any atom is 0.279 e. The van der Waals surface area contributed by atoms with Gasteiger partial charge in [0.25, 0.3) is 5.91 Å². The molecule has 2 saturated carbocycles. The van der Waals surface area contributed by atoms with Crippen LogP contribution in [0.2, 0.25) is 0 Å². The van der Waals surface area contributed by atoms with Gasteiger partial charge in [0, 0.05) is 31.6 Å². The lowest BCUT2D eigenvalue weighted by Crippen LogP contribution is -2.54. The monoisotopic (exact) mass is 335 g/mol. The molecule has 0 radical (unpaired) electrons. The van der Waals surface area contributed by atoms with E-state index in [9.17, 15) is 9.59 Å². The first-order valence-electron chi connectivity index (χ1n) is 8.19. The van der Waals surface area contributed by atoms with Crippen molar-refractivity contribution < 1.29 is 9.59 Å². The largest absolute Gasteiger partial charge is 0.363 e. The minimum atomic E-state index is -0.547. The molecule has 0 bridgehead atoms. The number of hydrogen-bond donors (Lipinski definition) is 1. The lowest BCUT2D eigenvalue weighted by atomic mass is 9.79. The smallest absolute Gasteiger partial charge is 0.279 e. The van der Waals surface area contributed by atoms with Crippen LogP contribution < -0.4 is 10.6 Å². The Morgan fingerprint density at radius 2 is 2.09 bits per heavy atom. The fourth-order valence-electron chi connectivity index (χ4n) is 3.97. The summed E-state index contributed by atoms with van der Waals surface area (Å²) in [4.78, 5) is 27.9. The number of carbonyl (C=O) groups is 2. The SMILES string of the molecule is C[C@@H]1CN(C(=O)C2CC23CCC3)CCN1c1nnc(C(N)=O)s1. The van der Waals surface area contributed by atoms with Gasteiger partial charge >= 0.3 is 0 Å². The van der Waals surface area contributed by atoms with Crippen molar-refractivity contribution in [2.45, 2.75) is 38.6 Å². The van der Waals surface area contributed by atoms with Crippen molar-refractivity contribution in [2.75, 3.05) is 24.5 Å². The Morgan fingerprint density at radius 3 is 2.61 bits per heavy atom. The molecule has 3 aliphatic rings. The van der Waals surface area contributed by atoms with Gasteiger partial charge in [-0.3, -0.25) is 9.59 Å². The standard InChI is InChI=1S/C15H21N5O2S/c1-9-8-19(13(22)10-7-15(10)3-2-4-15)5-6-20(9)14-18-17-12(23-14)11(16)21/h9-10H,2-8H2,1H3,(H2,16,21)/t9-,10?/m1/s1. The molecule has 23 heavy (non-hydrogen) atoms. The number of hydrogen-bond acceptors (Lipinski definition) is 6. The van der Waals surface area contributed by atoms with Crippen molar-refractivity contribution in [3.63, 3.8) is 0 Å². The molecule has 8 heteroatoms. The molecule has 2 N–H and O–H groups in total. The second kappa shape index (κ2) is 5.15. The van der Waals surface area contributed by atoms with Gasteiger partial charge in [-0.2, -0.15) is 0 Å². The predicted molar refractivity (Wildman–Crippen MR) is 86.2 cm³/mol. The number of rotatable bonds is 3. The predicted octanol–water partition coefficient (Wildman–Crippen LogP) is 0.864. The highest BCUT2D eigenvalue weighted by Crippen LogP contribution is 2.65. The first-order chi connectivity index (χ1) is 11.0. The second-order valence-electron chi connectivity index (χ2n) is 7.05. The van der Waals surface area contributed by atoms with Crippen molar-refractivity contribution in [2.24, 2.45) is 17.1 Å². The molecule has 0 aromatic carbocycles. The van der Waals surface area contributed by atoms with Crippen molar-refractivity contribution >= 4 is 28.3 Å². The van der Waals surface area contributed by atoms with Crippen LogP contribution in [0.3, 0.4) is 0 Å². The highest BCUT2D eigenvalue weighted by molar-refractivity contribution is 7.17. The summed E-state index contributed by atoms with van der Waals surface area (Å²) in [6, 6.07) is 0.164. The Kier molecular flexibility index (Phi) is 3.33. The number of nitrogens with zero attached hydrogens (tertiary/aromatic N) is 4. The van der Waals surface area contributed by atoms with E-state index in [1.807, 2.05) is 4.90 Å². The second-order valence-corrected chi connectivity index (χ2v) is 8.01. The summed E-state index contributed by atoms with van der Waals surface area (Å²) in [5.41, 5.74) is 5.62. The fourth-order valence-corrected chi connectivity index (χ4v) is 4.80. The van der Waals surface area contributed by atoms with Crippen molar-refractivity contribution in [3.8, 4) is 0 Å². The van der Waals surface area contributed by atoms with Crippen LogP contribution in [0.4, 0.5) is 5.13 Å². The molecular weight excluding hydrogens is 314 g/mol. The molecule has 1 spiro atoms. The zero-order valence-electron chi connectivity index (χ0n) is 13.2. The molecule has 124 valence electrons. The summed E-state index contributed by atoms with van der Waals surface area (Å²) in [5, 5.41) is 8.83. The number of nitrogens with two attached hydrogens (primary N) is 1. The fraction of sp³-hybridized carbons (Fsp3) is 0.733. The van der Waals surface area contributed by atoms with Gasteiger partial charge in [-0.05, 0) is 31.6 Å². The van der Waals surface area contributed by atoms with Crippen LogP contribution in [-0.2, 0) is 4.79 Å². The lowest BCUT2D eigenvalue weighted by molar-refractivity contribution is -0.134. The van der Waals surface area contributed by atoms with Crippen LogP contribution in [0.1, 0.15) is 42.4 Å². The summed E-state index contributed by atoms with van der Waals surface area (Å²) in [5.74, 6) is 0.0685. The van der Waals surface area contributed by atoms with Crippen LogP contribution in [0.5, 0.6) is 0 Å². The number of primary amides is 1. The number of carbonyl (C=O) groups excluding carboxylic acids is 2. The Balaban J connectivity index is 1.39. The quantitative estimate of drug-likeness (QED) is 0.884. The van der Waals surface area contributed by atoms with E-state index in [2.05, 4.69) is 22.0 Å². The molecule has 2 aliphatic carbocycles. The molecule has 2 atom stereocenters. The van der Waals surface area contributed by atoms with Gasteiger partial charge in [0.1, 0.15) is 0 Å². The van der Waals surface area contributed by atoms with Crippen LogP contribution >= 0.6 is 11.3 Å². The number of aromatic nitrogens is 2. The maximum atomic E-state index is 12.7. The van der Waals surface area contributed by atoms with E-state index >= 15 is 0 Å². The van der Waals surface area contributed by atoms with Crippen molar-refractivity contribution in [1.29, 1.82) is 0 Å².